The Morgan fingerprint density at radius 1 is 1.21 bits per heavy atom. The highest BCUT2D eigenvalue weighted by Gasteiger charge is 2.09. The minimum absolute atomic E-state index is 0.255. The first-order valence-corrected chi connectivity index (χ1v) is 6.56. The van der Waals surface area contributed by atoms with Crippen LogP contribution in [0, 0.1) is 5.82 Å². The number of aromatic nitrogens is 2. The molecule has 0 spiro atoms. The monoisotopic (exact) mass is 262 g/mol. The van der Waals surface area contributed by atoms with Crippen LogP contribution in [0.2, 0.25) is 0 Å². The van der Waals surface area contributed by atoms with Gasteiger partial charge in [0, 0.05) is 17.3 Å². The maximum absolute atomic E-state index is 13.9. The number of nitrogens with zero attached hydrogens (tertiary/aromatic N) is 2. The van der Waals surface area contributed by atoms with E-state index in [9.17, 15) is 4.39 Å². The van der Waals surface area contributed by atoms with Crippen LogP contribution in [0.4, 0.5) is 4.39 Å². The lowest BCUT2D eigenvalue weighted by atomic mass is 10.2. The number of aryl methyl sites for hydroxylation is 2. The fourth-order valence-electron chi connectivity index (χ4n) is 2.05. The van der Waals surface area contributed by atoms with E-state index in [2.05, 4.69) is 25.0 Å². The van der Waals surface area contributed by atoms with Crippen molar-refractivity contribution in [1.82, 2.24) is 9.78 Å². The Balaban J connectivity index is 2.27. The zero-order valence-electron chi connectivity index (χ0n) is 11.6. The van der Waals surface area contributed by atoms with E-state index < -0.39 is 0 Å². The summed E-state index contributed by atoms with van der Waals surface area (Å²) in [6.45, 7) is 4.61. The van der Waals surface area contributed by atoms with Gasteiger partial charge in [0.15, 0.2) is 0 Å². The van der Waals surface area contributed by atoms with Crippen molar-refractivity contribution >= 4 is 0 Å². The van der Waals surface area contributed by atoms with E-state index in [0.717, 1.165) is 24.2 Å². The highest BCUT2D eigenvalue weighted by Crippen LogP contribution is 2.18. The normalized spacial score (nSPS) is 10.7. The highest BCUT2D eigenvalue weighted by molar-refractivity contribution is 5.29. The molecule has 2 rings (SSSR count). The van der Waals surface area contributed by atoms with Crippen molar-refractivity contribution in [2.45, 2.75) is 33.2 Å². The van der Waals surface area contributed by atoms with Gasteiger partial charge in [-0.25, -0.2) is 4.39 Å². The highest BCUT2D eigenvalue weighted by atomic mass is 19.1. The van der Waals surface area contributed by atoms with Crippen LogP contribution in [0.5, 0.6) is 5.75 Å². The minimum atomic E-state index is -0.255. The van der Waals surface area contributed by atoms with Crippen molar-refractivity contribution in [1.29, 1.82) is 0 Å². The number of rotatable bonds is 5. The average molecular weight is 262 g/mol. The predicted octanol–water partition coefficient (Wildman–Crippen LogP) is 3.20. The third kappa shape index (κ3) is 2.95. The van der Waals surface area contributed by atoms with Crippen LogP contribution in [-0.2, 0) is 19.4 Å². The molecule has 1 aromatic heterocycles. The van der Waals surface area contributed by atoms with E-state index in [-0.39, 0.29) is 5.82 Å². The largest absolute Gasteiger partial charge is 0.497 e. The quantitative estimate of drug-likeness (QED) is 0.827. The molecule has 0 saturated carbocycles. The third-order valence-corrected chi connectivity index (χ3v) is 3.22. The van der Waals surface area contributed by atoms with Gasteiger partial charge in [0.05, 0.1) is 19.3 Å². The van der Waals surface area contributed by atoms with Crippen LogP contribution in [0.3, 0.4) is 0 Å². The second-order valence-electron chi connectivity index (χ2n) is 4.45. The van der Waals surface area contributed by atoms with E-state index in [1.807, 2.05) is 4.68 Å². The number of hydrogen-bond donors (Lipinski definition) is 0. The van der Waals surface area contributed by atoms with Crippen molar-refractivity contribution in [2.75, 3.05) is 7.11 Å². The Kier molecular flexibility index (Phi) is 4.20. The van der Waals surface area contributed by atoms with Gasteiger partial charge in [0.25, 0.3) is 0 Å². The van der Waals surface area contributed by atoms with Crippen molar-refractivity contribution < 1.29 is 9.13 Å². The molecule has 19 heavy (non-hydrogen) atoms. The first-order chi connectivity index (χ1) is 9.17. The number of hydrogen-bond acceptors (Lipinski definition) is 2. The molecule has 3 nitrogen and oxygen atoms in total. The van der Waals surface area contributed by atoms with Gasteiger partial charge < -0.3 is 4.74 Å². The number of methoxy groups -OCH3 is 1. The van der Waals surface area contributed by atoms with E-state index in [0.29, 0.717) is 17.9 Å². The molecule has 0 N–H and O–H groups in total. The molecule has 1 heterocycles. The zero-order chi connectivity index (χ0) is 13.8. The van der Waals surface area contributed by atoms with E-state index >= 15 is 0 Å². The predicted molar refractivity (Wildman–Crippen MR) is 73.0 cm³/mol. The van der Waals surface area contributed by atoms with Crippen molar-refractivity contribution in [3.05, 3.63) is 47.0 Å². The van der Waals surface area contributed by atoms with Crippen LogP contribution >= 0.6 is 0 Å². The van der Waals surface area contributed by atoms with E-state index in [4.69, 9.17) is 4.74 Å². The molecule has 0 amide bonds. The van der Waals surface area contributed by atoms with Gasteiger partial charge in [0.2, 0.25) is 0 Å². The molecule has 0 bridgehead atoms. The molecule has 2 aromatic rings. The van der Waals surface area contributed by atoms with Gasteiger partial charge in [-0.2, -0.15) is 5.10 Å². The summed E-state index contributed by atoms with van der Waals surface area (Å²) in [5, 5.41) is 4.50. The van der Waals surface area contributed by atoms with Gasteiger partial charge in [-0.1, -0.05) is 19.9 Å². The first-order valence-electron chi connectivity index (χ1n) is 6.56. The summed E-state index contributed by atoms with van der Waals surface area (Å²) in [6.07, 6.45) is 1.79. The Bertz CT molecular complexity index is 563. The molecule has 0 fully saturated rings. The molecule has 0 aliphatic heterocycles. The molecule has 1 aromatic carbocycles. The molecule has 4 heteroatoms. The smallest absolute Gasteiger partial charge is 0.131 e. The van der Waals surface area contributed by atoms with Crippen LogP contribution < -0.4 is 4.74 Å². The summed E-state index contributed by atoms with van der Waals surface area (Å²) in [5.74, 6) is 0.279. The molecule has 0 aliphatic rings. The molecular formula is C15H19FN2O. The van der Waals surface area contributed by atoms with Crippen molar-refractivity contribution in [3.63, 3.8) is 0 Å². The molecule has 0 atom stereocenters. The number of halogens is 1. The SMILES string of the molecule is CCc1cc(CC)n(Cc2ccc(OC)cc2F)n1. The van der Waals surface area contributed by atoms with Gasteiger partial charge in [-0.15, -0.1) is 0 Å². The molecule has 0 unspecified atom stereocenters. The van der Waals surface area contributed by atoms with Crippen LogP contribution in [0.25, 0.3) is 0 Å². The van der Waals surface area contributed by atoms with Gasteiger partial charge >= 0.3 is 0 Å². The lowest BCUT2D eigenvalue weighted by Gasteiger charge is -2.08. The molecule has 0 aliphatic carbocycles. The lowest BCUT2D eigenvalue weighted by molar-refractivity contribution is 0.410. The van der Waals surface area contributed by atoms with Gasteiger partial charge in [-0.05, 0) is 25.0 Å². The number of ether oxygens (including phenoxy) is 1. The zero-order valence-corrected chi connectivity index (χ0v) is 11.6. The number of benzene rings is 1. The topological polar surface area (TPSA) is 27.1 Å². The molecule has 102 valence electrons. The van der Waals surface area contributed by atoms with Crippen LogP contribution in [0.1, 0.15) is 30.8 Å². The average Bonchev–Trinajstić information content (AvgIpc) is 2.83. The minimum Gasteiger partial charge on any atom is -0.497 e. The summed E-state index contributed by atoms with van der Waals surface area (Å²) in [6, 6.07) is 7.02. The fourth-order valence-corrected chi connectivity index (χ4v) is 2.05. The summed E-state index contributed by atoms with van der Waals surface area (Å²) < 4.78 is 20.8. The molecule has 0 saturated heterocycles. The van der Waals surface area contributed by atoms with Crippen LogP contribution in [-0.4, -0.2) is 16.9 Å². The summed E-state index contributed by atoms with van der Waals surface area (Å²) >= 11 is 0. The molecule has 0 radical (unpaired) electrons. The summed E-state index contributed by atoms with van der Waals surface area (Å²) in [7, 11) is 1.53. The maximum Gasteiger partial charge on any atom is 0.131 e. The van der Waals surface area contributed by atoms with Crippen LogP contribution in [0.15, 0.2) is 24.3 Å². The summed E-state index contributed by atoms with van der Waals surface area (Å²) in [4.78, 5) is 0. The lowest BCUT2D eigenvalue weighted by Crippen LogP contribution is -2.07. The second-order valence-corrected chi connectivity index (χ2v) is 4.45. The molecular weight excluding hydrogens is 243 g/mol. The summed E-state index contributed by atoms with van der Waals surface area (Å²) in [5.41, 5.74) is 2.80. The Hall–Kier alpha value is -1.84. The van der Waals surface area contributed by atoms with E-state index in [1.165, 1.54) is 13.2 Å². The van der Waals surface area contributed by atoms with Gasteiger partial charge in [0.1, 0.15) is 11.6 Å². The first kappa shape index (κ1) is 13.6. The van der Waals surface area contributed by atoms with Gasteiger partial charge in [-0.3, -0.25) is 4.68 Å². The van der Waals surface area contributed by atoms with E-state index in [1.54, 1.807) is 12.1 Å². The third-order valence-electron chi connectivity index (χ3n) is 3.22. The Morgan fingerprint density at radius 3 is 2.58 bits per heavy atom. The fraction of sp³-hybridized carbons (Fsp3) is 0.400. The maximum atomic E-state index is 13.9. The standard InChI is InChI=1S/C15H19FN2O/c1-4-12-8-13(5-2)18(17-12)10-11-6-7-14(19-3)9-15(11)16/h6-9H,4-5,10H2,1-3H3. The van der Waals surface area contributed by atoms with Crippen molar-refractivity contribution in [2.24, 2.45) is 0 Å². The Morgan fingerprint density at radius 2 is 2.00 bits per heavy atom. The second kappa shape index (κ2) is 5.87. The Labute approximate surface area is 113 Å². The van der Waals surface area contributed by atoms with Crippen molar-refractivity contribution in [3.8, 4) is 5.75 Å².